The van der Waals surface area contributed by atoms with Gasteiger partial charge in [0.1, 0.15) is 5.78 Å². The van der Waals surface area contributed by atoms with Crippen LogP contribution in [0.25, 0.3) is 0 Å². The Hall–Kier alpha value is -4.55. The average molecular weight is 542 g/mol. The quantitative estimate of drug-likeness (QED) is 0.237. The van der Waals surface area contributed by atoms with Crippen molar-refractivity contribution in [1.82, 2.24) is 10.2 Å². The maximum absolute atomic E-state index is 13.2. The van der Waals surface area contributed by atoms with Crippen LogP contribution < -0.4 is 10.2 Å². The third kappa shape index (κ3) is 7.74. The molecule has 4 amide bonds. The molecule has 9 nitrogen and oxygen atoms in total. The van der Waals surface area contributed by atoms with Crippen LogP contribution in [0.4, 0.5) is 5.69 Å². The van der Waals surface area contributed by atoms with Crippen LogP contribution in [0.1, 0.15) is 48.8 Å². The lowest BCUT2D eigenvalue weighted by atomic mass is 10.0. The number of hydrogen-bond acceptors (Lipinski definition) is 6. The van der Waals surface area contributed by atoms with Gasteiger partial charge in [-0.3, -0.25) is 28.9 Å². The second-order valence-corrected chi connectivity index (χ2v) is 9.42. The average Bonchev–Trinajstić information content (AvgIpc) is 3.27. The van der Waals surface area contributed by atoms with Crippen LogP contribution in [0.2, 0.25) is 0 Å². The predicted molar refractivity (Wildman–Crippen MR) is 148 cm³/mol. The molecule has 0 spiro atoms. The summed E-state index contributed by atoms with van der Waals surface area (Å²) < 4.78 is 5.44. The first-order valence-corrected chi connectivity index (χ1v) is 13.3. The predicted octanol–water partition coefficient (Wildman–Crippen LogP) is 2.51. The van der Waals surface area contributed by atoms with Crippen molar-refractivity contribution in [3.63, 3.8) is 0 Å². The Bertz CT molecular complexity index is 1370. The fraction of sp³-hybridized carbons (Fsp3) is 0.323. The number of benzene rings is 2. The second kappa shape index (κ2) is 14.0. The standard InChI is InChI=1S/C31H31N3O6/c35-26(17-20-40-21-18-32-28(36)16-19-33-30(38)14-15-31(33)39)9-5-11-29(37)34-22-25-8-2-1-6-23(25)12-13-24-7-3-4-10-27(24)34/h1-4,6-8,10,14-15H,5,9,11,16-22H2,(H,32,36). The SMILES string of the molecule is O=C(CCCC(=O)N1Cc2ccccc2C#Cc2ccccc21)CCOCCNC(=O)CCN1C(=O)C=CC1=O. The third-order valence-electron chi connectivity index (χ3n) is 6.58. The van der Waals surface area contributed by atoms with Gasteiger partial charge in [-0.1, -0.05) is 42.2 Å². The number of Topliss-reactive ketones (excluding diaryl/α,β-unsaturated/α-hetero) is 1. The molecular formula is C31H31N3O6. The molecule has 40 heavy (non-hydrogen) atoms. The number of anilines is 1. The molecule has 0 aromatic heterocycles. The van der Waals surface area contributed by atoms with Gasteiger partial charge in [0.15, 0.2) is 0 Å². The summed E-state index contributed by atoms with van der Waals surface area (Å²) in [6, 6.07) is 15.4. The number of nitrogens with one attached hydrogen (secondary N) is 1. The van der Waals surface area contributed by atoms with Crippen LogP contribution >= 0.6 is 0 Å². The molecule has 0 fully saturated rings. The number of imide groups is 1. The van der Waals surface area contributed by atoms with E-state index in [0.717, 1.165) is 27.3 Å². The number of nitrogens with zero attached hydrogens (tertiary/aromatic N) is 2. The zero-order chi connectivity index (χ0) is 28.3. The van der Waals surface area contributed by atoms with Crippen LogP contribution in [0.5, 0.6) is 0 Å². The van der Waals surface area contributed by atoms with E-state index in [4.69, 9.17) is 4.74 Å². The Kier molecular flexibility index (Phi) is 9.97. The van der Waals surface area contributed by atoms with Crippen LogP contribution in [0.3, 0.4) is 0 Å². The molecule has 0 saturated carbocycles. The van der Waals surface area contributed by atoms with Crippen molar-refractivity contribution in [1.29, 1.82) is 0 Å². The number of amides is 4. The lowest BCUT2D eigenvalue weighted by molar-refractivity contribution is -0.137. The van der Waals surface area contributed by atoms with Gasteiger partial charge in [0.2, 0.25) is 11.8 Å². The Morgan fingerprint density at radius 2 is 1.52 bits per heavy atom. The summed E-state index contributed by atoms with van der Waals surface area (Å²) in [6.07, 6.45) is 3.56. The normalized spacial score (nSPS) is 13.6. The number of carbonyl (C=O) groups excluding carboxylic acids is 5. The van der Waals surface area contributed by atoms with Gasteiger partial charge in [-0.25, -0.2) is 0 Å². The van der Waals surface area contributed by atoms with E-state index in [0.29, 0.717) is 13.0 Å². The van der Waals surface area contributed by atoms with Gasteiger partial charge in [0.25, 0.3) is 11.8 Å². The van der Waals surface area contributed by atoms with Gasteiger partial charge in [-0.15, -0.1) is 0 Å². The van der Waals surface area contributed by atoms with Crippen molar-refractivity contribution in [3.05, 3.63) is 77.4 Å². The first kappa shape index (κ1) is 28.5. The fourth-order valence-corrected chi connectivity index (χ4v) is 4.41. The molecule has 0 radical (unpaired) electrons. The largest absolute Gasteiger partial charge is 0.379 e. The van der Waals surface area contributed by atoms with Gasteiger partial charge >= 0.3 is 0 Å². The Morgan fingerprint density at radius 3 is 2.33 bits per heavy atom. The van der Waals surface area contributed by atoms with E-state index in [1.54, 1.807) is 4.90 Å². The molecule has 2 aromatic carbocycles. The van der Waals surface area contributed by atoms with E-state index in [1.807, 2.05) is 48.5 Å². The highest BCUT2D eigenvalue weighted by Gasteiger charge is 2.23. The summed E-state index contributed by atoms with van der Waals surface area (Å²) in [5.41, 5.74) is 3.45. The lowest BCUT2D eigenvalue weighted by Crippen LogP contribution is -2.35. The van der Waals surface area contributed by atoms with E-state index in [9.17, 15) is 24.0 Å². The van der Waals surface area contributed by atoms with Crippen molar-refractivity contribution >= 4 is 35.1 Å². The number of rotatable bonds is 13. The molecular weight excluding hydrogens is 510 g/mol. The van der Waals surface area contributed by atoms with E-state index in [1.165, 1.54) is 12.2 Å². The molecule has 2 aromatic rings. The minimum Gasteiger partial charge on any atom is -0.379 e. The van der Waals surface area contributed by atoms with E-state index in [2.05, 4.69) is 17.2 Å². The second-order valence-electron chi connectivity index (χ2n) is 9.42. The van der Waals surface area contributed by atoms with Gasteiger partial charge < -0.3 is 15.0 Å². The summed E-state index contributed by atoms with van der Waals surface area (Å²) in [4.78, 5) is 63.1. The highest BCUT2D eigenvalue weighted by molar-refractivity contribution is 6.13. The molecule has 2 heterocycles. The molecule has 2 aliphatic rings. The van der Waals surface area contributed by atoms with E-state index < -0.39 is 11.8 Å². The Balaban J connectivity index is 1.12. The topological polar surface area (TPSA) is 113 Å². The minimum atomic E-state index is -0.418. The van der Waals surface area contributed by atoms with Crippen LogP contribution in [0, 0.1) is 11.8 Å². The first-order valence-electron chi connectivity index (χ1n) is 13.3. The number of fused-ring (bicyclic) bond motifs is 2. The van der Waals surface area contributed by atoms with Crippen LogP contribution in [-0.2, 0) is 35.3 Å². The molecule has 0 unspecified atom stereocenters. The van der Waals surface area contributed by atoms with E-state index in [-0.39, 0.29) is 69.6 Å². The van der Waals surface area contributed by atoms with Crippen molar-refractivity contribution < 1.29 is 28.7 Å². The zero-order valence-electron chi connectivity index (χ0n) is 22.2. The highest BCUT2D eigenvalue weighted by Crippen LogP contribution is 2.26. The number of hydrogen-bond donors (Lipinski definition) is 1. The monoisotopic (exact) mass is 541 g/mol. The fourth-order valence-electron chi connectivity index (χ4n) is 4.41. The molecule has 0 aliphatic carbocycles. The van der Waals surface area contributed by atoms with Gasteiger partial charge in [-0.05, 0) is 30.2 Å². The van der Waals surface area contributed by atoms with Crippen molar-refractivity contribution in [2.24, 2.45) is 0 Å². The van der Waals surface area contributed by atoms with Gasteiger partial charge in [0, 0.05) is 62.1 Å². The summed E-state index contributed by atoms with van der Waals surface area (Å²) >= 11 is 0. The summed E-state index contributed by atoms with van der Waals surface area (Å²) in [7, 11) is 0. The smallest absolute Gasteiger partial charge is 0.253 e. The Morgan fingerprint density at radius 1 is 0.825 bits per heavy atom. The first-order chi connectivity index (χ1) is 19.4. The molecule has 0 atom stereocenters. The van der Waals surface area contributed by atoms with Crippen molar-refractivity contribution in [2.45, 2.75) is 38.6 Å². The van der Waals surface area contributed by atoms with Crippen molar-refractivity contribution in [2.75, 3.05) is 31.2 Å². The maximum atomic E-state index is 13.2. The Labute approximate surface area is 233 Å². The maximum Gasteiger partial charge on any atom is 0.253 e. The van der Waals surface area contributed by atoms with Crippen LogP contribution in [-0.4, -0.2) is 60.6 Å². The summed E-state index contributed by atoms with van der Waals surface area (Å²) in [5.74, 6) is 5.21. The third-order valence-corrected chi connectivity index (χ3v) is 6.58. The highest BCUT2D eigenvalue weighted by atomic mass is 16.5. The molecule has 2 aliphatic heterocycles. The summed E-state index contributed by atoms with van der Waals surface area (Å²) in [6.45, 7) is 1.16. The van der Waals surface area contributed by atoms with Crippen molar-refractivity contribution in [3.8, 4) is 11.8 Å². The molecule has 206 valence electrons. The number of para-hydroxylation sites is 1. The van der Waals surface area contributed by atoms with Gasteiger partial charge in [-0.2, -0.15) is 0 Å². The zero-order valence-corrected chi connectivity index (χ0v) is 22.2. The molecule has 4 rings (SSSR count). The molecule has 1 N–H and O–H groups in total. The van der Waals surface area contributed by atoms with Crippen LogP contribution in [0.15, 0.2) is 60.7 Å². The lowest BCUT2D eigenvalue weighted by Gasteiger charge is -2.26. The molecule has 0 bridgehead atoms. The number of carbonyl (C=O) groups is 5. The minimum absolute atomic E-state index is 0.00895. The van der Waals surface area contributed by atoms with Gasteiger partial charge in [0.05, 0.1) is 25.4 Å². The number of ether oxygens (including phenoxy) is 1. The molecule has 9 heteroatoms. The number of ketones is 1. The molecule has 0 saturated heterocycles. The summed E-state index contributed by atoms with van der Waals surface area (Å²) in [5, 5.41) is 2.66. The van der Waals surface area contributed by atoms with E-state index >= 15 is 0 Å².